The van der Waals surface area contributed by atoms with Crippen molar-refractivity contribution < 1.29 is 25.2 Å². The van der Waals surface area contributed by atoms with Crippen LogP contribution in [0, 0.1) is 0 Å². The van der Waals surface area contributed by atoms with Crippen molar-refractivity contribution >= 4 is 6.29 Å². The molecule has 4 N–H and O–H groups in total. The first-order valence-corrected chi connectivity index (χ1v) is 3.22. The molecule has 0 saturated carbocycles. The van der Waals surface area contributed by atoms with Gasteiger partial charge in [-0.05, 0) is 0 Å². The van der Waals surface area contributed by atoms with Crippen LogP contribution in [0.2, 0.25) is 0 Å². The quantitative estimate of drug-likeness (QED) is 0.341. The summed E-state index contributed by atoms with van der Waals surface area (Å²) in [5.41, 5.74) is 0. The van der Waals surface area contributed by atoms with Gasteiger partial charge in [-0.25, -0.2) is 0 Å². The Kier molecular flexibility index (Phi) is 4.97. The highest BCUT2D eigenvalue weighted by molar-refractivity contribution is 5.55. The molecule has 0 fully saturated rings. The van der Waals surface area contributed by atoms with Crippen molar-refractivity contribution in [1.82, 2.24) is 0 Å². The molecule has 0 aliphatic rings. The average molecular weight is 164 g/mol. The maximum absolute atomic E-state index is 9.85. The van der Waals surface area contributed by atoms with Crippen LogP contribution in [0.15, 0.2) is 0 Å². The molecule has 0 spiro atoms. The monoisotopic (exact) mass is 164 g/mol. The van der Waals surface area contributed by atoms with E-state index in [1.807, 2.05) is 0 Å². The van der Waals surface area contributed by atoms with E-state index in [0.29, 0.717) is 0 Å². The molecular formula is C6H12O5. The summed E-state index contributed by atoms with van der Waals surface area (Å²) in [5, 5.41) is 34.6. The molecule has 0 aromatic rings. The van der Waals surface area contributed by atoms with Gasteiger partial charge in [-0.1, -0.05) is 0 Å². The molecule has 0 saturated heterocycles. The fourth-order valence-electron chi connectivity index (χ4n) is 0.582. The lowest BCUT2D eigenvalue weighted by Crippen LogP contribution is -2.33. The Bertz CT molecular complexity index is 116. The summed E-state index contributed by atoms with van der Waals surface area (Å²) in [6, 6.07) is 0. The van der Waals surface area contributed by atoms with Gasteiger partial charge >= 0.3 is 0 Å². The highest BCUT2D eigenvalue weighted by atomic mass is 16.4. The second-order valence-corrected chi connectivity index (χ2v) is 2.26. The fraction of sp³-hybridized carbons (Fsp3) is 0.833. The first-order valence-electron chi connectivity index (χ1n) is 3.22. The lowest BCUT2D eigenvalue weighted by Gasteiger charge is -2.15. The molecule has 5 nitrogen and oxygen atoms in total. The molecule has 0 amide bonds. The predicted octanol–water partition coefficient (Wildman–Crippen LogP) is -2.35. The molecule has 0 aromatic heterocycles. The van der Waals surface area contributed by atoms with Crippen LogP contribution in [0.25, 0.3) is 0 Å². The smallest absolute Gasteiger partial charge is 0.148 e. The molecule has 0 aromatic carbocycles. The number of aldehydes is 1. The van der Waals surface area contributed by atoms with E-state index in [1.54, 1.807) is 0 Å². The van der Waals surface area contributed by atoms with Gasteiger partial charge in [0.25, 0.3) is 0 Å². The third-order valence-corrected chi connectivity index (χ3v) is 1.27. The molecule has 0 rings (SSSR count). The molecule has 3 atom stereocenters. The Hall–Kier alpha value is -0.490. The zero-order valence-corrected chi connectivity index (χ0v) is 5.92. The number of aliphatic hydroxyl groups is 4. The van der Waals surface area contributed by atoms with Crippen LogP contribution < -0.4 is 0 Å². The number of rotatable bonds is 5. The van der Waals surface area contributed by atoms with E-state index in [1.165, 1.54) is 0 Å². The average Bonchev–Trinajstić information content (AvgIpc) is 2.02. The van der Waals surface area contributed by atoms with Crippen LogP contribution in [-0.2, 0) is 4.79 Å². The minimum atomic E-state index is -1.30. The maximum Gasteiger partial charge on any atom is 0.148 e. The van der Waals surface area contributed by atoms with Crippen LogP contribution in [0.3, 0.4) is 0 Å². The van der Waals surface area contributed by atoms with Crippen LogP contribution in [0.5, 0.6) is 0 Å². The summed E-state index contributed by atoms with van der Waals surface area (Å²) >= 11 is 0. The molecule has 5 heteroatoms. The second-order valence-electron chi connectivity index (χ2n) is 2.26. The van der Waals surface area contributed by atoms with Crippen molar-refractivity contribution in [2.45, 2.75) is 24.7 Å². The highest BCUT2D eigenvalue weighted by Gasteiger charge is 2.18. The van der Waals surface area contributed by atoms with Gasteiger partial charge in [0.1, 0.15) is 18.5 Å². The summed E-state index contributed by atoms with van der Waals surface area (Å²) in [5.74, 6) is 0. The molecule has 0 bridgehead atoms. The topological polar surface area (TPSA) is 98.0 Å². The van der Waals surface area contributed by atoms with Gasteiger partial charge in [-0.15, -0.1) is 0 Å². The van der Waals surface area contributed by atoms with E-state index in [-0.39, 0.29) is 12.7 Å². The second kappa shape index (κ2) is 5.20. The van der Waals surface area contributed by atoms with Gasteiger partial charge < -0.3 is 25.2 Å². The molecule has 0 radical (unpaired) electrons. The van der Waals surface area contributed by atoms with E-state index in [4.69, 9.17) is 20.4 Å². The van der Waals surface area contributed by atoms with Gasteiger partial charge in [0.05, 0.1) is 12.7 Å². The SMILES string of the molecule is O=C[C@@H](O)C[C@@H](O)[C@@H](O)CO. The van der Waals surface area contributed by atoms with Crippen molar-refractivity contribution in [3.8, 4) is 0 Å². The minimum Gasteiger partial charge on any atom is -0.394 e. The third kappa shape index (κ3) is 4.05. The number of hydrogen-bond donors (Lipinski definition) is 4. The van der Waals surface area contributed by atoms with Crippen LogP contribution >= 0.6 is 0 Å². The Labute approximate surface area is 63.9 Å². The maximum atomic E-state index is 9.85. The van der Waals surface area contributed by atoms with E-state index >= 15 is 0 Å². The summed E-state index contributed by atoms with van der Waals surface area (Å²) in [4.78, 5) is 9.85. The highest BCUT2D eigenvalue weighted by Crippen LogP contribution is 2.00. The van der Waals surface area contributed by atoms with Gasteiger partial charge in [0, 0.05) is 6.42 Å². The van der Waals surface area contributed by atoms with E-state index in [9.17, 15) is 4.79 Å². The van der Waals surface area contributed by atoms with Gasteiger partial charge in [0.15, 0.2) is 0 Å². The fourth-order valence-corrected chi connectivity index (χ4v) is 0.582. The van der Waals surface area contributed by atoms with E-state index in [2.05, 4.69) is 0 Å². The van der Waals surface area contributed by atoms with Crippen molar-refractivity contribution in [2.24, 2.45) is 0 Å². The molecule has 66 valence electrons. The number of aliphatic hydroxyl groups excluding tert-OH is 4. The van der Waals surface area contributed by atoms with E-state index in [0.717, 1.165) is 0 Å². The predicted molar refractivity (Wildman–Crippen MR) is 35.8 cm³/mol. The van der Waals surface area contributed by atoms with Crippen molar-refractivity contribution in [3.05, 3.63) is 0 Å². The minimum absolute atomic E-state index is 0.257. The number of hydrogen-bond acceptors (Lipinski definition) is 5. The zero-order chi connectivity index (χ0) is 8.85. The number of carbonyl (C=O) groups excluding carboxylic acids is 1. The lowest BCUT2D eigenvalue weighted by molar-refractivity contribution is -0.117. The Morgan fingerprint density at radius 1 is 1.18 bits per heavy atom. The van der Waals surface area contributed by atoms with Crippen molar-refractivity contribution in [3.63, 3.8) is 0 Å². The normalized spacial score (nSPS) is 18.9. The summed E-state index contributed by atoms with van der Waals surface area (Å²) in [7, 11) is 0. The summed E-state index contributed by atoms with van der Waals surface area (Å²) in [6.45, 7) is -0.591. The van der Waals surface area contributed by atoms with Crippen LogP contribution in [0.4, 0.5) is 0 Å². The Balaban J connectivity index is 3.66. The Morgan fingerprint density at radius 3 is 2.09 bits per heavy atom. The van der Waals surface area contributed by atoms with Gasteiger partial charge in [0.2, 0.25) is 0 Å². The number of carbonyl (C=O) groups is 1. The van der Waals surface area contributed by atoms with Crippen LogP contribution in [0.1, 0.15) is 6.42 Å². The van der Waals surface area contributed by atoms with Crippen LogP contribution in [-0.4, -0.2) is 51.6 Å². The first kappa shape index (κ1) is 10.5. The molecule has 0 aliphatic heterocycles. The molecule has 0 aliphatic carbocycles. The third-order valence-electron chi connectivity index (χ3n) is 1.27. The van der Waals surface area contributed by atoms with E-state index < -0.39 is 24.9 Å². The van der Waals surface area contributed by atoms with Crippen molar-refractivity contribution in [1.29, 1.82) is 0 Å². The molecule has 11 heavy (non-hydrogen) atoms. The molecule has 0 heterocycles. The summed E-state index contributed by atoms with van der Waals surface area (Å²) in [6.07, 6.45) is -3.85. The lowest BCUT2D eigenvalue weighted by atomic mass is 10.1. The van der Waals surface area contributed by atoms with Crippen molar-refractivity contribution in [2.75, 3.05) is 6.61 Å². The molecule has 0 unspecified atom stereocenters. The zero-order valence-electron chi connectivity index (χ0n) is 5.92. The van der Waals surface area contributed by atoms with Gasteiger partial charge in [-0.3, -0.25) is 0 Å². The standard InChI is InChI=1S/C6H12O5/c7-2-4(9)1-5(10)6(11)3-8/h2,4-6,8-11H,1,3H2/t4-,5+,6-/m0/s1. The van der Waals surface area contributed by atoms with Gasteiger partial charge in [-0.2, -0.15) is 0 Å². The first-order chi connectivity index (χ1) is 5.11. The largest absolute Gasteiger partial charge is 0.394 e. The molecular weight excluding hydrogens is 152 g/mol. The summed E-state index contributed by atoms with van der Waals surface area (Å²) < 4.78 is 0. The Morgan fingerprint density at radius 2 is 1.73 bits per heavy atom.